The van der Waals surface area contributed by atoms with E-state index in [1.165, 1.54) is 0 Å². The van der Waals surface area contributed by atoms with E-state index in [1.807, 2.05) is 0 Å². The van der Waals surface area contributed by atoms with Gasteiger partial charge in [0.05, 0.1) is 6.61 Å². The Morgan fingerprint density at radius 3 is 2.58 bits per heavy atom. The first-order chi connectivity index (χ1) is 9.08. The van der Waals surface area contributed by atoms with E-state index in [1.54, 1.807) is 6.92 Å². The summed E-state index contributed by atoms with van der Waals surface area (Å²) >= 11 is 0. The lowest BCUT2D eigenvalue weighted by Gasteiger charge is -2.31. The molecule has 2 unspecified atom stereocenters. The van der Waals surface area contributed by atoms with Gasteiger partial charge in [-0.1, -0.05) is 6.92 Å². The summed E-state index contributed by atoms with van der Waals surface area (Å²) in [6.07, 6.45) is 1.60. The number of carbonyl (C=O) groups excluding carboxylic acids is 3. The molecule has 0 radical (unpaired) electrons. The second-order valence-electron chi connectivity index (χ2n) is 5.68. The average molecular weight is 266 g/mol. The van der Waals surface area contributed by atoms with Crippen LogP contribution in [0.4, 0.5) is 0 Å². The summed E-state index contributed by atoms with van der Waals surface area (Å²) in [6.45, 7) is 2.86. The molecule has 2 aliphatic heterocycles. The summed E-state index contributed by atoms with van der Waals surface area (Å²) in [5, 5.41) is 0. The first kappa shape index (κ1) is 12.9. The molecule has 104 valence electrons. The van der Waals surface area contributed by atoms with Gasteiger partial charge in [0, 0.05) is 38.2 Å². The van der Waals surface area contributed by atoms with Crippen molar-refractivity contribution in [3.05, 3.63) is 0 Å². The average Bonchev–Trinajstić information content (AvgIpc) is 3.13. The lowest BCUT2D eigenvalue weighted by Crippen LogP contribution is -2.45. The molecule has 0 bridgehead atoms. The predicted molar refractivity (Wildman–Crippen MR) is 64.6 cm³/mol. The molecule has 0 N–H and O–H groups in total. The largest absolute Gasteiger partial charge is 0.379 e. The van der Waals surface area contributed by atoms with Crippen LogP contribution in [0.1, 0.15) is 32.6 Å². The molecule has 3 rings (SSSR count). The van der Waals surface area contributed by atoms with E-state index in [0.29, 0.717) is 26.1 Å². The van der Waals surface area contributed by atoms with Gasteiger partial charge in [-0.05, 0) is 0 Å². The predicted octanol–water partition coefficient (Wildman–Crippen LogP) is 0.688. The number of hydrogen-bond acceptors (Lipinski definition) is 5. The Balaban J connectivity index is 1.74. The van der Waals surface area contributed by atoms with E-state index < -0.39 is 5.92 Å². The number of carbonyl (C=O) groups is 3. The van der Waals surface area contributed by atoms with Gasteiger partial charge in [-0.25, -0.2) is 0 Å². The highest BCUT2D eigenvalue weighted by Gasteiger charge is 2.64. The van der Waals surface area contributed by atoms with Crippen LogP contribution in [0.2, 0.25) is 0 Å². The molecule has 0 spiro atoms. The van der Waals surface area contributed by atoms with E-state index in [2.05, 4.69) is 0 Å². The highest BCUT2D eigenvalue weighted by Crippen LogP contribution is 2.52. The fourth-order valence-electron chi connectivity index (χ4n) is 3.49. The summed E-state index contributed by atoms with van der Waals surface area (Å²) < 4.78 is 11.0. The van der Waals surface area contributed by atoms with Crippen LogP contribution in [0, 0.1) is 11.8 Å². The monoisotopic (exact) mass is 266 g/mol. The molecular weight excluding hydrogens is 248 g/mol. The second-order valence-corrected chi connectivity index (χ2v) is 5.68. The fraction of sp³-hybridized carbons (Fsp3) is 0.786. The minimum atomic E-state index is -1.00. The van der Waals surface area contributed by atoms with E-state index in [9.17, 15) is 14.4 Å². The molecule has 1 saturated carbocycles. The third-order valence-electron chi connectivity index (χ3n) is 4.66. The van der Waals surface area contributed by atoms with Gasteiger partial charge in [0.25, 0.3) is 0 Å². The molecular formula is C14H18O5. The molecule has 0 amide bonds. The smallest absolute Gasteiger partial charge is 0.151 e. The topological polar surface area (TPSA) is 73.0 Å². The Morgan fingerprint density at radius 1 is 1.32 bits per heavy atom. The van der Waals surface area contributed by atoms with E-state index in [-0.39, 0.29) is 41.4 Å². The van der Waals surface area contributed by atoms with Gasteiger partial charge >= 0.3 is 0 Å². The lowest BCUT2D eigenvalue weighted by atomic mass is 9.70. The van der Waals surface area contributed by atoms with Crippen molar-refractivity contribution in [3.63, 3.8) is 0 Å². The first-order valence-corrected chi connectivity index (χ1v) is 6.92. The molecule has 2 atom stereocenters. The number of hydrogen-bond donors (Lipinski definition) is 0. The SMILES string of the molecule is CCC(=O)C1C(=O)CC(C23CCOCC2O3)CC1=O. The Bertz CT molecular complexity index is 425. The van der Waals surface area contributed by atoms with Gasteiger partial charge in [0.1, 0.15) is 17.6 Å². The minimum absolute atomic E-state index is 0.0327. The molecule has 3 aliphatic rings. The zero-order chi connectivity index (χ0) is 13.6. The molecule has 5 heteroatoms. The highest BCUT2D eigenvalue weighted by molar-refractivity contribution is 6.20. The van der Waals surface area contributed by atoms with Crippen molar-refractivity contribution in [1.29, 1.82) is 0 Å². The van der Waals surface area contributed by atoms with Crippen molar-refractivity contribution in [2.24, 2.45) is 11.8 Å². The second kappa shape index (κ2) is 4.49. The number of ether oxygens (including phenoxy) is 2. The van der Waals surface area contributed by atoms with Crippen LogP contribution in [0.3, 0.4) is 0 Å². The van der Waals surface area contributed by atoms with Crippen molar-refractivity contribution >= 4 is 17.3 Å². The van der Waals surface area contributed by atoms with Crippen LogP contribution in [0.25, 0.3) is 0 Å². The molecule has 0 aromatic heterocycles. The van der Waals surface area contributed by atoms with Crippen molar-refractivity contribution in [3.8, 4) is 0 Å². The quantitative estimate of drug-likeness (QED) is 0.555. The van der Waals surface area contributed by atoms with Gasteiger partial charge in [-0.3, -0.25) is 14.4 Å². The van der Waals surface area contributed by atoms with Crippen LogP contribution in [0.15, 0.2) is 0 Å². The van der Waals surface area contributed by atoms with Gasteiger partial charge in [-0.15, -0.1) is 0 Å². The molecule has 0 aromatic rings. The van der Waals surface area contributed by atoms with Gasteiger partial charge in [0.15, 0.2) is 17.3 Å². The maximum absolute atomic E-state index is 12.1. The summed E-state index contributed by atoms with van der Waals surface area (Å²) in [5.74, 6) is -1.75. The Labute approximate surface area is 111 Å². The first-order valence-electron chi connectivity index (χ1n) is 6.92. The van der Waals surface area contributed by atoms with E-state index >= 15 is 0 Å². The van der Waals surface area contributed by atoms with Crippen molar-refractivity contribution < 1.29 is 23.9 Å². The standard InChI is InChI=1S/C14H18O5/c1-2-9(15)13-10(16)5-8(6-11(13)17)14-3-4-18-7-12(14)19-14/h8,12-13H,2-7H2,1H3. The maximum atomic E-state index is 12.1. The van der Waals surface area contributed by atoms with Gasteiger partial charge in [-0.2, -0.15) is 0 Å². The number of fused-ring (bicyclic) bond motifs is 1. The highest BCUT2D eigenvalue weighted by atomic mass is 16.6. The molecule has 2 saturated heterocycles. The van der Waals surface area contributed by atoms with Crippen LogP contribution in [-0.2, 0) is 23.9 Å². The fourth-order valence-corrected chi connectivity index (χ4v) is 3.49. The number of rotatable bonds is 3. The minimum Gasteiger partial charge on any atom is -0.379 e. The maximum Gasteiger partial charge on any atom is 0.151 e. The molecule has 2 heterocycles. The van der Waals surface area contributed by atoms with Crippen molar-refractivity contribution in [2.45, 2.75) is 44.3 Å². The molecule has 1 aliphatic carbocycles. The van der Waals surface area contributed by atoms with E-state index in [4.69, 9.17) is 9.47 Å². The normalized spacial score (nSPS) is 41.8. The Morgan fingerprint density at radius 2 is 2.00 bits per heavy atom. The Kier molecular flexibility index (Phi) is 3.06. The van der Waals surface area contributed by atoms with Gasteiger partial charge < -0.3 is 9.47 Å². The van der Waals surface area contributed by atoms with Crippen LogP contribution < -0.4 is 0 Å². The third-order valence-corrected chi connectivity index (χ3v) is 4.66. The van der Waals surface area contributed by atoms with Gasteiger partial charge in [0.2, 0.25) is 0 Å². The number of Topliss-reactive ketones (excluding diaryl/α,β-unsaturated/α-hetero) is 3. The zero-order valence-corrected chi connectivity index (χ0v) is 11.0. The number of ketones is 3. The molecule has 3 fully saturated rings. The van der Waals surface area contributed by atoms with Crippen LogP contribution in [-0.4, -0.2) is 42.3 Å². The van der Waals surface area contributed by atoms with Crippen molar-refractivity contribution in [1.82, 2.24) is 0 Å². The summed E-state index contributed by atoms with van der Waals surface area (Å²) in [4.78, 5) is 35.8. The third kappa shape index (κ3) is 1.96. The number of epoxide rings is 1. The summed E-state index contributed by atoms with van der Waals surface area (Å²) in [5.41, 5.74) is -0.330. The zero-order valence-electron chi connectivity index (χ0n) is 11.0. The summed E-state index contributed by atoms with van der Waals surface area (Å²) in [6, 6.07) is 0. The van der Waals surface area contributed by atoms with Crippen LogP contribution >= 0.6 is 0 Å². The molecule has 5 nitrogen and oxygen atoms in total. The molecule has 19 heavy (non-hydrogen) atoms. The summed E-state index contributed by atoms with van der Waals surface area (Å²) in [7, 11) is 0. The van der Waals surface area contributed by atoms with Crippen LogP contribution in [0.5, 0.6) is 0 Å². The van der Waals surface area contributed by atoms with E-state index in [0.717, 1.165) is 6.42 Å². The molecule has 0 aromatic carbocycles. The Hall–Kier alpha value is -1.07. The van der Waals surface area contributed by atoms with Crippen molar-refractivity contribution in [2.75, 3.05) is 13.2 Å². The lowest BCUT2D eigenvalue weighted by molar-refractivity contribution is -0.144.